The highest BCUT2D eigenvalue weighted by Crippen LogP contribution is 2.36. The summed E-state index contributed by atoms with van der Waals surface area (Å²) in [6, 6.07) is 13.3. The monoisotopic (exact) mass is 480 g/mol. The molecule has 0 unspecified atom stereocenters. The summed E-state index contributed by atoms with van der Waals surface area (Å²) in [5, 5.41) is 3.91. The van der Waals surface area contributed by atoms with Crippen molar-refractivity contribution >= 4 is 28.9 Å². The molecule has 2 aromatic carbocycles. The summed E-state index contributed by atoms with van der Waals surface area (Å²) in [5.74, 6) is 0.156. The van der Waals surface area contributed by atoms with E-state index in [1.165, 1.54) is 11.5 Å². The van der Waals surface area contributed by atoms with Crippen molar-refractivity contribution in [2.24, 2.45) is 7.05 Å². The van der Waals surface area contributed by atoms with Crippen molar-refractivity contribution in [3.63, 3.8) is 0 Å². The zero-order chi connectivity index (χ0) is 24.6. The summed E-state index contributed by atoms with van der Waals surface area (Å²) >= 11 is 6.58. The number of anilines is 2. The maximum absolute atomic E-state index is 13.6. The lowest BCUT2D eigenvalue weighted by atomic mass is 10.1. The first-order valence-corrected chi connectivity index (χ1v) is 11.7. The number of nitrogens with zero attached hydrogens (tertiary/aromatic N) is 3. The number of nitrogens with one attached hydrogen (secondary N) is 1. The molecule has 0 fully saturated rings. The number of halogens is 1. The number of esters is 1. The summed E-state index contributed by atoms with van der Waals surface area (Å²) in [6.07, 6.45) is 0.733. The van der Waals surface area contributed by atoms with E-state index >= 15 is 0 Å². The average molecular weight is 481 g/mol. The van der Waals surface area contributed by atoms with Gasteiger partial charge in [0.05, 0.1) is 16.8 Å². The molecular weight excluding hydrogens is 452 g/mol. The number of hydrogen-bond donors (Lipinski definition) is 1. The van der Waals surface area contributed by atoms with Crippen molar-refractivity contribution < 1.29 is 9.53 Å². The van der Waals surface area contributed by atoms with Gasteiger partial charge in [-0.25, -0.2) is 4.98 Å². The molecule has 1 aliphatic rings. The summed E-state index contributed by atoms with van der Waals surface area (Å²) in [4.78, 5) is 32.1. The molecule has 34 heavy (non-hydrogen) atoms. The van der Waals surface area contributed by atoms with Crippen LogP contribution in [0.3, 0.4) is 0 Å². The zero-order valence-electron chi connectivity index (χ0n) is 20.1. The molecule has 178 valence electrons. The molecule has 0 aliphatic heterocycles. The molecule has 1 aromatic heterocycles. The van der Waals surface area contributed by atoms with Gasteiger partial charge in [-0.3, -0.25) is 14.2 Å². The Bertz CT molecular complexity index is 1300. The van der Waals surface area contributed by atoms with Gasteiger partial charge in [0.25, 0.3) is 5.56 Å². The van der Waals surface area contributed by atoms with Crippen LogP contribution in [0, 0.1) is 0 Å². The first kappa shape index (κ1) is 23.8. The van der Waals surface area contributed by atoms with Crippen LogP contribution < -0.4 is 15.8 Å². The molecule has 7 nitrogen and oxygen atoms in total. The van der Waals surface area contributed by atoms with E-state index in [0.29, 0.717) is 40.6 Å². The number of aryl methyl sites for hydroxylation is 1. The Hall–Kier alpha value is -3.32. The number of ether oxygens (including phenoxy) is 1. The smallest absolute Gasteiger partial charge is 0.302 e. The van der Waals surface area contributed by atoms with Crippen molar-refractivity contribution in [3.8, 4) is 11.4 Å². The highest BCUT2D eigenvalue weighted by atomic mass is 35.5. The second-order valence-corrected chi connectivity index (χ2v) is 9.11. The van der Waals surface area contributed by atoms with Gasteiger partial charge in [0.2, 0.25) is 0 Å². The molecule has 0 saturated heterocycles. The van der Waals surface area contributed by atoms with Crippen LogP contribution in [-0.4, -0.2) is 35.7 Å². The minimum Gasteiger partial charge on any atom is -0.460 e. The second-order valence-electron chi connectivity index (χ2n) is 8.71. The molecule has 0 amide bonds. The van der Waals surface area contributed by atoms with E-state index in [1.807, 2.05) is 68.4 Å². The normalized spacial score (nSPS) is 16.8. The van der Waals surface area contributed by atoms with Crippen molar-refractivity contribution in [1.29, 1.82) is 0 Å². The van der Waals surface area contributed by atoms with E-state index in [1.54, 1.807) is 7.05 Å². The Morgan fingerprint density at radius 1 is 1.26 bits per heavy atom. The van der Waals surface area contributed by atoms with Crippen LogP contribution in [-0.2, 0) is 29.4 Å². The average Bonchev–Trinajstić information content (AvgIpc) is 3.13. The minimum atomic E-state index is -0.406. The van der Waals surface area contributed by atoms with Gasteiger partial charge >= 0.3 is 5.97 Å². The molecule has 0 spiro atoms. The summed E-state index contributed by atoms with van der Waals surface area (Å²) in [7, 11) is 5.58. The van der Waals surface area contributed by atoms with E-state index in [4.69, 9.17) is 21.3 Å². The third kappa shape index (κ3) is 4.40. The predicted molar refractivity (Wildman–Crippen MR) is 136 cm³/mol. The number of hydrogen-bond acceptors (Lipinski definition) is 6. The number of aromatic nitrogens is 2. The van der Waals surface area contributed by atoms with Gasteiger partial charge in [0.1, 0.15) is 17.6 Å². The fraction of sp³-hybridized carbons (Fsp3) is 0.346. The third-order valence-electron chi connectivity index (χ3n) is 6.21. The van der Waals surface area contributed by atoms with Crippen molar-refractivity contribution in [1.82, 2.24) is 9.55 Å². The standard InChI is InChI=1S/C26H29ClN4O3/c1-6-21-24(29-23-18-10-8-7-9-16(18)13-22(23)34-15(2)32)26(33)31(5)25(28-21)19-12-11-17(30(3)4)14-20(19)27/h7-12,14,22-23,29H,6,13H2,1-5H3/t22-,23+/m0/s1. The van der Waals surface area contributed by atoms with Gasteiger partial charge in [-0.1, -0.05) is 42.8 Å². The predicted octanol–water partition coefficient (Wildman–Crippen LogP) is 4.37. The quantitative estimate of drug-likeness (QED) is 0.528. The Morgan fingerprint density at radius 2 is 2.00 bits per heavy atom. The highest BCUT2D eigenvalue weighted by molar-refractivity contribution is 6.33. The number of carbonyl (C=O) groups is 1. The lowest BCUT2D eigenvalue weighted by Crippen LogP contribution is -2.32. The van der Waals surface area contributed by atoms with Crippen molar-refractivity contribution in [2.45, 2.75) is 38.8 Å². The van der Waals surface area contributed by atoms with Crippen LogP contribution in [0.2, 0.25) is 5.02 Å². The summed E-state index contributed by atoms with van der Waals surface area (Å²) in [6.45, 7) is 3.36. The molecule has 1 N–H and O–H groups in total. The Balaban J connectivity index is 1.77. The molecule has 8 heteroatoms. The van der Waals surface area contributed by atoms with Gasteiger partial charge < -0.3 is 15.0 Å². The van der Waals surface area contributed by atoms with Gasteiger partial charge in [-0.15, -0.1) is 0 Å². The number of fused-ring (bicyclic) bond motifs is 1. The van der Waals surface area contributed by atoms with Crippen LogP contribution in [0.4, 0.5) is 11.4 Å². The Morgan fingerprint density at radius 3 is 2.65 bits per heavy atom. The second kappa shape index (κ2) is 9.50. The molecular formula is C26H29ClN4O3. The van der Waals surface area contributed by atoms with Crippen molar-refractivity contribution in [3.05, 3.63) is 74.7 Å². The fourth-order valence-corrected chi connectivity index (χ4v) is 4.72. The van der Waals surface area contributed by atoms with Crippen LogP contribution in [0.25, 0.3) is 11.4 Å². The van der Waals surface area contributed by atoms with Crippen molar-refractivity contribution in [2.75, 3.05) is 24.3 Å². The maximum Gasteiger partial charge on any atom is 0.302 e. The lowest BCUT2D eigenvalue weighted by Gasteiger charge is -2.24. The van der Waals surface area contributed by atoms with Crippen LogP contribution in [0.1, 0.15) is 36.7 Å². The van der Waals surface area contributed by atoms with Crippen LogP contribution in [0.15, 0.2) is 47.3 Å². The Kier molecular flexibility index (Phi) is 6.66. The van der Waals surface area contributed by atoms with Gasteiger partial charge in [0, 0.05) is 45.7 Å². The van der Waals surface area contributed by atoms with Gasteiger partial charge in [-0.05, 0) is 35.7 Å². The summed E-state index contributed by atoms with van der Waals surface area (Å²) in [5.41, 5.74) is 4.61. The number of benzene rings is 2. The largest absolute Gasteiger partial charge is 0.460 e. The molecule has 0 bridgehead atoms. The van der Waals surface area contributed by atoms with Crippen LogP contribution >= 0.6 is 11.6 Å². The molecule has 2 atom stereocenters. The molecule has 1 heterocycles. The van der Waals surface area contributed by atoms with Gasteiger partial charge in [-0.2, -0.15) is 0 Å². The molecule has 4 rings (SSSR count). The van der Waals surface area contributed by atoms with E-state index in [2.05, 4.69) is 5.32 Å². The third-order valence-corrected chi connectivity index (χ3v) is 6.52. The summed E-state index contributed by atoms with van der Waals surface area (Å²) < 4.78 is 7.12. The first-order valence-electron chi connectivity index (χ1n) is 11.3. The molecule has 0 radical (unpaired) electrons. The number of rotatable bonds is 6. The first-order chi connectivity index (χ1) is 16.2. The number of carbonyl (C=O) groups excluding carboxylic acids is 1. The van der Waals surface area contributed by atoms with E-state index in [0.717, 1.165) is 16.8 Å². The SMILES string of the molecule is CCc1nc(-c2ccc(N(C)C)cc2Cl)n(C)c(=O)c1N[C@@H]1c2ccccc2C[C@@H]1OC(C)=O. The lowest BCUT2D eigenvalue weighted by molar-refractivity contribution is -0.146. The van der Waals surface area contributed by atoms with E-state index in [9.17, 15) is 9.59 Å². The zero-order valence-corrected chi connectivity index (χ0v) is 20.8. The molecule has 0 saturated carbocycles. The van der Waals surface area contributed by atoms with E-state index < -0.39 is 6.10 Å². The molecule has 1 aliphatic carbocycles. The van der Waals surface area contributed by atoms with Crippen LogP contribution in [0.5, 0.6) is 0 Å². The molecule has 3 aromatic rings. The fourth-order valence-electron chi connectivity index (χ4n) is 4.46. The topological polar surface area (TPSA) is 76.5 Å². The van der Waals surface area contributed by atoms with E-state index in [-0.39, 0.29) is 17.6 Å². The maximum atomic E-state index is 13.6. The Labute approximate surface area is 204 Å². The highest BCUT2D eigenvalue weighted by Gasteiger charge is 2.35. The van der Waals surface area contributed by atoms with Gasteiger partial charge in [0.15, 0.2) is 0 Å². The minimum absolute atomic E-state index is 0.208.